The second kappa shape index (κ2) is 15.2. The van der Waals surface area contributed by atoms with Gasteiger partial charge in [-0.1, -0.05) is 170 Å². The van der Waals surface area contributed by atoms with Crippen LogP contribution in [0.5, 0.6) is 0 Å². The molecule has 12 rings (SSSR count). The topological polar surface area (TPSA) is 38.7 Å². The molecule has 3 aromatic heterocycles. The zero-order valence-electron chi connectivity index (χ0n) is 33.4. The summed E-state index contributed by atoms with van der Waals surface area (Å²) in [6, 6.07) is 75.8. The van der Waals surface area contributed by atoms with E-state index in [1.54, 1.807) is 0 Å². The first-order valence-electron chi connectivity index (χ1n) is 20.7. The van der Waals surface area contributed by atoms with Gasteiger partial charge in [0.1, 0.15) is 0 Å². The van der Waals surface area contributed by atoms with Crippen molar-refractivity contribution in [1.29, 1.82) is 0 Å². The van der Waals surface area contributed by atoms with Gasteiger partial charge in [-0.25, -0.2) is 15.0 Å². The maximum absolute atomic E-state index is 5.32. The van der Waals surface area contributed by atoms with Crippen LogP contribution in [0.3, 0.4) is 0 Å². The molecule has 0 N–H and O–H groups in total. The molecular formula is C57H35N3S2. The predicted octanol–water partition coefficient (Wildman–Crippen LogP) is 16.3. The molecule has 0 aliphatic carbocycles. The molecule has 62 heavy (non-hydrogen) atoms. The highest BCUT2D eigenvalue weighted by atomic mass is 32.1. The normalized spacial score (nSPS) is 11.5. The van der Waals surface area contributed by atoms with E-state index in [0.717, 1.165) is 44.5 Å². The molecule has 3 heterocycles. The first-order valence-corrected chi connectivity index (χ1v) is 22.4. The van der Waals surface area contributed by atoms with Crippen molar-refractivity contribution in [2.24, 2.45) is 0 Å². The number of thiophene rings is 2. The van der Waals surface area contributed by atoms with Gasteiger partial charge in [-0.15, -0.1) is 22.7 Å². The summed E-state index contributed by atoms with van der Waals surface area (Å²) in [4.78, 5) is 15.8. The summed E-state index contributed by atoms with van der Waals surface area (Å²) in [5, 5.41) is 5.08. The van der Waals surface area contributed by atoms with E-state index in [9.17, 15) is 0 Å². The number of hydrogen-bond acceptors (Lipinski definition) is 5. The lowest BCUT2D eigenvalue weighted by atomic mass is 9.91. The largest absolute Gasteiger partial charge is 0.208 e. The van der Waals surface area contributed by atoms with Crippen LogP contribution >= 0.6 is 22.7 Å². The van der Waals surface area contributed by atoms with Crippen LogP contribution in [0.25, 0.3) is 119 Å². The molecule has 0 radical (unpaired) electrons. The van der Waals surface area contributed by atoms with E-state index in [-0.39, 0.29) is 0 Å². The van der Waals surface area contributed by atoms with Crippen molar-refractivity contribution in [2.45, 2.75) is 0 Å². The van der Waals surface area contributed by atoms with E-state index in [2.05, 4.69) is 200 Å². The van der Waals surface area contributed by atoms with Crippen molar-refractivity contribution in [2.75, 3.05) is 0 Å². The number of fused-ring (bicyclic) bond motifs is 6. The molecule has 5 heteroatoms. The van der Waals surface area contributed by atoms with Crippen LogP contribution in [0.2, 0.25) is 0 Å². The number of hydrogen-bond donors (Lipinski definition) is 0. The molecule has 0 unspecified atom stereocenters. The van der Waals surface area contributed by atoms with E-state index < -0.39 is 0 Å². The highest BCUT2D eigenvalue weighted by Gasteiger charge is 2.20. The lowest BCUT2D eigenvalue weighted by Crippen LogP contribution is -2.01. The highest BCUT2D eigenvalue weighted by molar-refractivity contribution is 7.26. The number of aromatic nitrogens is 3. The fourth-order valence-electron chi connectivity index (χ4n) is 8.69. The van der Waals surface area contributed by atoms with E-state index in [0.29, 0.717) is 17.5 Å². The quantitative estimate of drug-likeness (QED) is 0.161. The molecule has 0 bridgehead atoms. The third-order valence-corrected chi connectivity index (χ3v) is 14.1. The van der Waals surface area contributed by atoms with E-state index in [1.165, 1.54) is 57.0 Å². The van der Waals surface area contributed by atoms with E-state index in [1.807, 2.05) is 34.8 Å². The van der Waals surface area contributed by atoms with Crippen LogP contribution in [0.15, 0.2) is 212 Å². The van der Waals surface area contributed by atoms with Crippen LogP contribution < -0.4 is 0 Å². The maximum Gasteiger partial charge on any atom is 0.164 e. The Labute approximate surface area is 366 Å². The third-order valence-electron chi connectivity index (χ3n) is 11.8. The van der Waals surface area contributed by atoms with Crippen molar-refractivity contribution in [3.8, 4) is 78.7 Å². The first-order chi connectivity index (χ1) is 30.7. The molecule has 0 spiro atoms. The number of rotatable bonds is 7. The molecule has 290 valence electrons. The summed E-state index contributed by atoms with van der Waals surface area (Å²) >= 11 is 3.68. The molecule has 0 saturated heterocycles. The van der Waals surface area contributed by atoms with Gasteiger partial charge in [0.15, 0.2) is 17.5 Å². The minimum absolute atomic E-state index is 0.625. The van der Waals surface area contributed by atoms with Gasteiger partial charge in [-0.3, -0.25) is 0 Å². The van der Waals surface area contributed by atoms with Gasteiger partial charge in [0.25, 0.3) is 0 Å². The summed E-state index contributed by atoms with van der Waals surface area (Å²) < 4.78 is 5.13. The van der Waals surface area contributed by atoms with Gasteiger partial charge in [-0.2, -0.15) is 0 Å². The Kier molecular flexibility index (Phi) is 8.87. The predicted molar refractivity (Wildman–Crippen MR) is 264 cm³/mol. The Bertz CT molecular complexity index is 3510. The zero-order chi connectivity index (χ0) is 41.0. The second-order valence-electron chi connectivity index (χ2n) is 15.5. The Morgan fingerprint density at radius 1 is 0.242 bits per heavy atom. The Balaban J connectivity index is 1.07. The zero-order valence-corrected chi connectivity index (χ0v) is 35.0. The van der Waals surface area contributed by atoms with Crippen LogP contribution in [0.1, 0.15) is 0 Å². The molecule has 0 saturated carbocycles. The minimum Gasteiger partial charge on any atom is -0.208 e. The Morgan fingerprint density at radius 2 is 0.694 bits per heavy atom. The van der Waals surface area contributed by atoms with Gasteiger partial charge in [0, 0.05) is 57.0 Å². The molecule has 0 fully saturated rings. The Hall–Kier alpha value is -7.57. The molecule has 12 aromatic rings. The molecule has 0 aliphatic heterocycles. The lowest BCUT2D eigenvalue weighted by molar-refractivity contribution is 1.07. The Morgan fingerprint density at radius 3 is 1.35 bits per heavy atom. The van der Waals surface area contributed by atoms with Crippen LogP contribution in [0.4, 0.5) is 0 Å². The van der Waals surface area contributed by atoms with Gasteiger partial charge < -0.3 is 0 Å². The van der Waals surface area contributed by atoms with Crippen LogP contribution in [-0.2, 0) is 0 Å². The average Bonchev–Trinajstić information content (AvgIpc) is 3.93. The fourth-order valence-corrected chi connectivity index (χ4v) is 10.9. The van der Waals surface area contributed by atoms with Crippen molar-refractivity contribution in [1.82, 2.24) is 15.0 Å². The van der Waals surface area contributed by atoms with Crippen LogP contribution in [-0.4, -0.2) is 15.0 Å². The molecule has 9 aromatic carbocycles. The van der Waals surface area contributed by atoms with Gasteiger partial charge >= 0.3 is 0 Å². The SMILES string of the molecule is c1ccc(-c2ccc(-c3nc(-c4ccc(-c5ccccc5)cc4)nc(-c4ccc(-c5cccc6sc7ccccc7c56)cc4-c4ccc5sc6ccccc6c5c4)n3)cc2)cc1. The third kappa shape index (κ3) is 6.47. The lowest BCUT2D eigenvalue weighted by Gasteiger charge is -2.15. The van der Waals surface area contributed by atoms with Gasteiger partial charge in [-0.05, 0) is 87.0 Å². The molecule has 0 atom stereocenters. The van der Waals surface area contributed by atoms with Gasteiger partial charge in [0.2, 0.25) is 0 Å². The molecular weight excluding hydrogens is 791 g/mol. The monoisotopic (exact) mass is 825 g/mol. The van der Waals surface area contributed by atoms with E-state index in [4.69, 9.17) is 15.0 Å². The summed E-state index contributed by atoms with van der Waals surface area (Å²) in [6.45, 7) is 0. The smallest absolute Gasteiger partial charge is 0.164 e. The van der Waals surface area contributed by atoms with Crippen molar-refractivity contribution in [3.05, 3.63) is 212 Å². The molecule has 3 nitrogen and oxygen atoms in total. The van der Waals surface area contributed by atoms with Crippen molar-refractivity contribution < 1.29 is 0 Å². The number of benzene rings is 9. The molecule has 0 aliphatic rings. The summed E-state index contributed by atoms with van der Waals surface area (Å²) in [5.41, 5.74) is 12.0. The fraction of sp³-hybridized carbons (Fsp3) is 0. The van der Waals surface area contributed by atoms with Crippen molar-refractivity contribution in [3.63, 3.8) is 0 Å². The van der Waals surface area contributed by atoms with Gasteiger partial charge in [0.05, 0.1) is 0 Å². The summed E-state index contributed by atoms with van der Waals surface area (Å²) in [6.07, 6.45) is 0. The van der Waals surface area contributed by atoms with Crippen LogP contribution in [0, 0.1) is 0 Å². The molecule has 0 amide bonds. The first kappa shape index (κ1) is 36.3. The summed E-state index contributed by atoms with van der Waals surface area (Å²) in [7, 11) is 0. The van der Waals surface area contributed by atoms with E-state index >= 15 is 0 Å². The minimum atomic E-state index is 0.625. The standard InChI is InChI=1S/C57H35N3S2/c1-3-12-36(13-4-1)38-22-26-40(27-23-38)55-58-56(41-28-24-39(25-29-41)37-14-5-2-6-15-37)60-57(59-55)46-32-30-42(44-18-11-21-53-54(44)47-17-8-10-20-51(47)62-53)34-48(46)43-31-33-52-49(35-43)45-16-7-9-19-50(45)61-52/h1-35H. The van der Waals surface area contributed by atoms with Crippen molar-refractivity contribution >= 4 is 63.0 Å². The summed E-state index contributed by atoms with van der Waals surface area (Å²) in [5.74, 6) is 1.88. The average molecular weight is 826 g/mol. The highest BCUT2D eigenvalue weighted by Crippen LogP contribution is 2.44. The maximum atomic E-state index is 5.32. The second-order valence-corrected chi connectivity index (χ2v) is 17.7. The number of nitrogens with zero attached hydrogens (tertiary/aromatic N) is 3.